The number of hydrogen-bond acceptors (Lipinski definition) is 3. The number of fused-ring (bicyclic) bond motifs is 1. The van der Waals surface area contributed by atoms with Crippen molar-refractivity contribution in [1.82, 2.24) is 4.98 Å². The molecule has 1 aromatic carbocycles. The molecule has 2 rings (SSSR count). The number of benzene rings is 1. The van der Waals surface area contributed by atoms with Crippen molar-refractivity contribution in [2.75, 3.05) is 5.32 Å². The predicted molar refractivity (Wildman–Crippen MR) is 76.4 cm³/mol. The monoisotopic (exact) mass is 258 g/mol. The molecule has 0 aliphatic carbocycles. The summed E-state index contributed by atoms with van der Waals surface area (Å²) in [5.74, 6) is -0.250. The lowest BCUT2D eigenvalue weighted by atomic mass is 10.0. The summed E-state index contributed by atoms with van der Waals surface area (Å²) in [6.07, 6.45) is 1.70. The number of carboxylic acids is 1. The van der Waals surface area contributed by atoms with Gasteiger partial charge in [0, 0.05) is 11.6 Å². The number of hydrogen-bond donors (Lipinski definition) is 2. The van der Waals surface area contributed by atoms with Crippen LogP contribution in [0.15, 0.2) is 30.5 Å². The Morgan fingerprint density at radius 2 is 2.05 bits per heavy atom. The quantitative estimate of drug-likeness (QED) is 0.884. The van der Waals surface area contributed by atoms with Crippen molar-refractivity contribution in [2.45, 2.75) is 26.8 Å². The molecule has 4 heteroatoms. The molecule has 1 atom stereocenters. The van der Waals surface area contributed by atoms with Crippen molar-refractivity contribution >= 4 is 22.6 Å². The number of carbonyl (C=O) groups is 1. The van der Waals surface area contributed by atoms with Gasteiger partial charge in [0.2, 0.25) is 0 Å². The van der Waals surface area contributed by atoms with E-state index in [-0.39, 0.29) is 5.92 Å². The molecular formula is C15H18N2O2. The van der Waals surface area contributed by atoms with E-state index in [4.69, 9.17) is 0 Å². The van der Waals surface area contributed by atoms with Crippen molar-refractivity contribution in [1.29, 1.82) is 0 Å². The van der Waals surface area contributed by atoms with E-state index in [9.17, 15) is 9.90 Å². The minimum atomic E-state index is -0.860. The fourth-order valence-corrected chi connectivity index (χ4v) is 2.07. The Balaban J connectivity index is 2.42. The molecule has 0 aliphatic rings. The second-order valence-corrected chi connectivity index (χ2v) is 5.09. The van der Waals surface area contributed by atoms with E-state index < -0.39 is 12.0 Å². The number of aromatic nitrogens is 1. The number of rotatable bonds is 4. The van der Waals surface area contributed by atoms with Crippen molar-refractivity contribution < 1.29 is 9.90 Å². The van der Waals surface area contributed by atoms with Gasteiger partial charge in [0.25, 0.3) is 0 Å². The van der Waals surface area contributed by atoms with Crippen molar-refractivity contribution in [3.05, 3.63) is 36.0 Å². The lowest BCUT2D eigenvalue weighted by molar-refractivity contribution is -0.138. The van der Waals surface area contributed by atoms with E-state index >= 15 is 0 Å². The minimum absolute atomic E-state index is 0.0139. The Labute approximate surface area is 112 Å². The van der Waals surface area contributed by atoms with E-state index in [0.29, 0.717) is 5.82 Å². The SMILES string of the molecule is Cc1ccc2c(NC(C(=O)O)C(C)C)nccc2c1. The molecule has 0 aliphatic heterocycles. The maximum atomic E-state index is 11.2. The summed E-state index contributed by atoms with van der Waals surface area (Å²) in [4.78, 5) is 15.5. The molecular weight excluding hydrogens is 240 g/mol. The van der Waals surface area contributed by atoms with Crippen LogP contribution in [0, 0.1) is 12.8 Å². The van der Waals surface area contributed by atoms with E-state index in [0.717, 1.165) is 10.8 Å². The molecule has 100 valence electrons. The molecule has 0 amide bonds. The Morgan fingerprint density at radius 3 is 2.68 bits per heavy atom. The van der Waals surface area contributed by atoms with Crippen molar-refractivity contribution in [3.8, 4) is 0 Å². The summed E-state index contributed by atoms with van der Waals surface area (Å²) in [5.41, 5.74) is 1.17. The van der Waals surface area contributed by atoms with Crippen LogP contribution < -0.4 is 5.32 Å². The number of pyridine rings is 1. The van der Waals surface area contributed by atoms with Crippen LogP contribution in [-0.2, 0) is 4.79 Å². The van der Waals surface area contributed by atoms with Gasteiger partial charge in [0.1, 0.15) is 11.9 Å². The number of nitrogens with one attached hydrogen (secondary N) is 1. The van der Waals surface area contributed by atoms with Gasteiger partial charge in [-0.05, 0) is 24.3 Å². The van der Waals surface area contributed by atoms with Gasteiger partial charge in [0.15, 0.2) is 0 Å². The van der Waals surface area contributed by atoms with Crippen molar-refractivity contribution in [3.63, 3.8) is 0 Å². The maximum absolute atomic E-state index is 11.2. The highest BCUT2D eigenvalue weighted by molar-refractivity contribution is 5.93. The van der Waals surface area contributed by atoms with Crippen LogP contribution in [0.25, 0.3) is 10.8 Å². The van der Waals surface area contributed by atoms with Gasteiger partial charge in [-0.3, -0.25) is 0 Å². The van der Waals surface area contributed by atoms with Crippen molar-refractivity contribution in [2.24, 2.45) is 5.92 Å². The van der Waals surface area contributed by atoms with Crippen LogP contribution in [0.4, 0.5) is 5.82 Å². The van der Waals surface area contributed by atoms with Crippen LogP contribution >= 0.6 is 0 Å². The van der Waals surface area contributed by atoms with Gasteiger partial charge in [-0.1, -0.05) is 37.6 Å². The number of aryl methyl sites for hydroxylation is 1. The summed E-state index contributed by atoms with van der Waals surface area (Å²) in [5, 5.41) is 14.3. The molecule has 1 aromatic heterocycles. The maximum Gasteiger partial charge on any atom is 0.326 e. The predicted octanol–water partition coefficient (Wildman–Crippen LogP) is 3.06. The van der Waals surface area contributed by atoms with Gasteiger partial charge in [-0.25, -0.2) is 9.78 Å². The topological polar surface area (TPSA) is 62.2 Å². The molecule has 0 spiro atoms. The molecule has 19 heavy (non-hydrogen) atoms. The van der Waals surface area contributed by atoms with E-state index in [2.05, 4.69) is 16.4 Å². The number of aliphatic carboxylic acids is 1. The average Bonchev–Trinajstić information content (AvgIpc) is 2.34. The van der Waals surface area contributed by atoms with Gasteiger partial charge in [-0.15, -0.1) is 0 Å². The van der Waals surface area contributed by atoms with E-state index in [1.807, 2.05) is 39.0 Å². The Bertz CT molecular complexity index is 608. The minimum Gasteiger partial charge on any atom is -0.480 e. The van der Waals surface area contributed by atoms with Crippen LogP contribution in [0.3, 0.4) is 0 Å². The summed E-state index contributed by atoms with van der Waals surface area (Å²) in [7, 11) is 0. The van der Waals surface area contributed by atoms with Gasteiger partial charge >= 0.3 is 5.97 Å². The lowest BCUT2D eigenvalue weighted by Gasteiger charge is -2.19. The van der Waals surface area contributed by atoms with E-state index in [1.165, 1.54) is 5.56 Å². The highest BCUT2D eigenvalue weighted by Crippen LogP contribution is 2.23. The molecule has 0 saturated carbocycles. The van der Waals surface area contributed by atoms with E-state index in [1.54, 1.807) is 6.20 Å². The third-order valence-corrected chi connectivity index (χ3v) is 3.14. The zero-order valence-corrected chi connectivity index (χ0v) is 11.3. The smallest absolute Gasteiger partial charge is 0.326 e. The Kier molecular flexibility index (Phi) is 3.69. The van der Waals surface area contributed by atoms with Gasteiger partial charge in [0.05, 0.1) is 0 Å². The lowest BCUT2D eigenvalue weighted by Crippen LogP contribution is -2.34. The summed E-state index contributed by atoms with van der Waals surface area (Å²) >= 11 is 0. The van der Waals surface area contributed by atoms with Gasteiger partial charge < -0.3 is 10.4 Å². The summed E-state index contributed by atoms with van der Waals surface area (Å²) < 4.78 is 0. The first-order valence-corrected chi connectivity index (χ1v) is 6.33. The first-order valence-electron chi connectivity index (χ1n) is 6.33. The normalized spacial score (nSPS) is 12.6. The van der Waals surface area contributed by atoms with Crippen LogP contribution in [0.2, 0.25) is 0 Å². The van der Waals surface area contributed by atoms with Crippen LogP contribution in [0.1, 0.15) is 19.4 Å². The molecule has 1 unspecified atom stereocenters. The third kappa shape index (κ3) is 2.84. The highest BCUT2D eigenvalue weighted by atomic mass is 16.4. The second kappa shape index (κ2) is 5.26. The van der Waals surface area contributed by atoms with Gasteiger partial charge in [-0.2, -0.15) is 0 Å². The molecule has 4 nitrogen and oxygen atoms in total. The fraction of sp³-hybridized carbons (Fsp3) is 0.333. The van der Waals surface area contributed by atoms with Crippen LogP contribution in [-0.4, -0.2) is 22.1 Å². The zero-order valence-electron chi connectivity index (χ0n) is 11.3. The first-order chi connectivity index (χ1) is 8.99. The van der Waals surface area contributed by atoms with Crippen LogP contribution in [0.5, 0.6) is 0 Å². The number of nitrogens with zero attached hydrogens (tertiary/aromatic N) is 1. The number of carboxylic acid groups (broad SMARTS) is 1. The fourth-order valence-electron chi connectivity index (χ4n) is 2.07. The zero-order chi connectivity index (χ0) is 14.0. The largest absolute Gasteiger partial charge is 0.480 e. The molecule has 0 radical (unpaired) electrons. The summed E-state index contributed by atoms with van der Waals surface area (Å²) in [6.45, 7) is 5.78. The molecule has 0 bridgehead atoms. The molecule has 1 heterocycles. The molecule has 2 N–H and O–H groups in total. The average molecular weight is 258 g/mol. The first kappa shape index (κ1) is 13.3. The Hall–Kier alpha value is -2.10. The molecule has 2 aromatic rings. The standard InChI is InChI=1S/C15H18N2O2/c1-9(2)13(15(18)19)17-14-12-5-4-10(3)8-11(12)6-7-16-14/h4-9,13H,1-3H3,(H,16,17)(H,18,19). The molecule has 0 saturated heterocycles. The summed E-state index contributed by atoms with van der Waals surface area (Å²) in [6, 6.07) is 7.32. The molecule has 0 fully saturated rings. The Morgan fingerprint density at radius 1 is 1.32 bits per heavy atom. The number of anilines is 1. The third-order valence-electron chi connectivity index (χ3n) is 3.14. The second-order valence-electron chi connectivity index (χ2n) is 5.09. The highest BCUT2D eigenvalue weighted by Gasteiger charge is 2.22.